The zero-order chi connectivity index (χ0) is 31.3. The van der Waals surface area contributed by atoms with Crippen molar-refractivity contribution >= 4 is 11.3 Å². The van der Waals surface area contributed by atoms with E-state index in [0.29, 0.717) is 72.3 Å². The molecule has 0 aliphatic carbocycles. The van der Waals surface area contributed by atoms with E-state index in [1.807, 2.05) is 4.90 Å². The molecule has 4 fully saturated rings. The number of rotatable bonds is 8. The first-order valence-electron chi connectivity index (χ1n) is 15.6. The highest BCUT2D eigenvalue weighted by molar-refractivity contribution is 5.83. The van der Waals surface area contributed by atoms with Crippen LogP contribution in [-0.2, 0) is 11.2 Å². The summed E-state index contributed by atoms with van der Waals surface area (Å²) in [5.74, 6) is 1.57. The molecule has 7 heterocycles. The van der Waals surface area contributed by atoms with Crippen molar-refractivity contribution in [2.24, 2.45) is 0 Å². The minimum Gasteiger partial charge on any atom is -0.497 e. The molecule has 1 aromatic carbocycles. The summed E-state index contributed by atoms with van der Waals surface area (Å²) in [6.45, 7) is -1.15. The molecule has 0 spiro atoms. The average molecular weight is 557 g/mol. The predicted octanol–water partition coefficient (Wildman–Crippen LogP) is 2.50. The van der Waals surface area contributed by atoms with Gasteiger partial charge in [0.2, 0.25) is 0 Å². The first-order chi connectivity index (χ1) is 21.7. The van der Waals surface area contributed by atoms with E-state index in [1.54, 1.807) is 49.8 Å². The van der Waals surface area contributed by atoms with Crippen LogP contribution in [0.15, 0.2) is 55.1 Å². The molecule has 8 rings (SSSR count). The Hall–Kier alpha value is -4.24. The Morgan fingerprint density at radius 1 is 1.15 bits per heavy atom. The van der Waals surface area contributed by atoms with Crippen LogP contribution in [0.5, 0.6) is 11.5 Å². The molecule has 1 N–H and O–H groups in total. The van der Waals surface area contributed by atoms with Gasteiger partial charge in [0.05, 0.1) is 58.0 Å². The second-order valence-corrected chi connectivity index (χ2v) is 10.3. The number of nitrogens with zero attached hydrogens (tertiary/aromatic N) is 7. The summed E-state index contributed by atoms with van der Waals surface area (Å²) in [5, 5.41) is 17.2. The maximum Gasteiger partial charge on any atom is 0.147 e. The Balaban J connectivity index is 1.11. The first kappa shape index (κ1) is 21.5. The Morgan fingerprint density at radius 2 is 2.00 bits per heavy atom. The fourth-order valence-electron chi connectivity index (χ4n) is 5.62. The maximum atomic E-state index is 9.74. The number of morpholine rings is 1. The summed E-state index contributed by atoms with van der Waals surface area (Å²) in [7, 11) is 1.59. The molecule has 3 aromatic heterocycles. The smallest absolute Gasteiger partial charge is 0.147 e. The number of methoxy groups -OCH3 is 1. The van der Waals surface area contributed by atoms with Gasteiger partial charge in [-0.15, -0.1) is 0 Å². The third-order valence-electron chi connectivity index (χ3n) is 7.72. The summed E-state index contributed by atoms with van der Waals surface area (Å²) in [6, 6.07) is 11.0. The summed E-state index contributed by atoms with van der Waals surface area (Å²) in [6.07, 6.45) is 6.40. The summed E-state index contributed by atoms with van der Waals surface area (Å²) < 4.78 is 52.9. The van der Waals surface area contributed by atoms with E-state index in [-0.39, 0.29) is 17.8 Å². The van der Waals surface area contributed by atoms with E-state index in [1.165, 1.54) is 16.9 Å². The summed E-state index contributed by atoms with van der Waals surface area (Å²) in [4.78, 5) is 13.5. The van der Waals surface area contributed by atoms with Gasteiger partial charge < -0.3 is 24.4 Å². The van der Waals surface area contributed by atoms with Crippen LogP contribution in [0.1, 0.15) is 23.0 Å². The van der Waals surface area contributed by atoms with Crippen molar-refractivity contribution < 1.29 is 19.7 Å². The van der Waals surface area contributed by atoms with Crippen molar-refractivity contribution in [3.05, 3.63) is 66.2 Å². The Labute approximate surface area is 243 Å². The lowest BCUT2D eigenvalue weighted by molar-refractivity contribution is -0.00870. The van der Waals surface area contributed by atoms with E-state index in [2.05, 4.69) is 21.4 Å². The SMILES string of the molecule is [2H]C([2H])(Oc1cc(-c2cnc(N3CC4CC(C3)N4C([2H])([2H])c3ccc(OC)cc3)cn2)c2c(C#N)cnn2c1)[C@@H]1CNCCO1. The fraction of sp³-hybridized carbons (Fsp3) is 0.400. The third-order valence-corrected chi connectivity index (χ3v) is 7.72. The van der Waals surface area contributed by atoms with Crippen LogP contribution in [0.3, 0.4) is 0 Å². The molecule has 2 bridgehead atoms. The molecule has 4 saturated heterocycles. The van der Waals surface area contributed by atoms with Crippen molar-refractivity contribution in [1.82, 2.24) is 29.8 Å². The van der Waals surface area contributed by atoms with Gasteiger partial charge in [-0.1, -0.05) is 12.1 Å². The van der Waals surface area contributed by atoms with Crippen LogP contribution >= 0.6 is 0 Å². The van der Waals surface area contributed by atoms with Gasteiger partial charge in [-0.25, -0.2) is 9.50 Å². The molecular weight excluding hydrogens is 520 g/mol. The molecule has 4 aromatic rings. The minimum absolute atomic E-state index is 0.0270. The molecule has 41 heavy (non-hydrogen) atoms. The number of nitriles is 1. The minimum atomic E-state index is -2.12. The van der Waals surface area contributed by atoms with Crippen LogP contribution in [0.25, 0.3) is 16.8 Å². The third kappa shape index (κ3) is 5.06. The molecule has 0 saturated carbocycles. The van der Waals surface area contributed by atoms with Gasteiger partial charge in [-0.2, -0.15) is 10.4 Å². The molecule has 3 atom stereocenters. The normalized spacial score (nSPS) is 24.4. The largest absolute Gasteiger partial charge is 0.497 e. The molecule has 11 heteroatoms. The zero-order valence-electron chi connectivity index (χ0n) is 26.5. The van der Waals surface area contributed by atoms with Crippen molar-refractivity contribution in [2.75, 3.05) is 51.4 Å². The lowest BCUT2D eigenvalue weighted by Gasteiger charge is -2.56. The fourth-order valence-corrected chi connectivity index (χ4v) is 5.62. The average Bonchev–Trinajstić information content (AvgIpc) is 3.47. The number of ether oxygens (including phenoxy) is 3. The lowest BCUT2D eigenvalue weighted by Crippen LogP contribution is -2.68. The van der Waals surface area contributed by atoms with Crippen molar-refractivity contribution in [3.63, 3.8) is 0 Å². The van der Waals surface area contributed by atoms with Crippen molar-refractivity contribution in [2.45, 2.75) is 31.1 Å². The Morgan fingerprint density at radius 3 is 2.71 bits per heavy atom. The van der Waals surface area contributed by atoms with E-state index < -0.39 is 19.2 Å². The van der Waals surface area contributed by atoms with Gasteiger partial charge in [0.1, 0.15) is 36.0 Å². The van der Waals surface area contributed by atoms with E-state index >= 15 is 0 Å². The van der Waals surface area contributed by atoms with Gasteiger partial charge in [0.15, 0.2) is 0 Å². The quantitative estimate of drug-likeness (QED) is 0.347. The second kappa shape index (κ2) is 11.0. The number of anilines is 1. The number of nitrogens with one attached hydrogen (secondary N) is 1. The first-order valence-corrected chi connectivity index (χ1v) is 13.6. The van der Waals surface area contributed by atoms with Gasteiger partial charge in [0.25, 0.3) is 0 Å². The Kier molecular flexibility index (Phi) is 5.75. The highest BCUT2D eigenvalue weighted by atomic mass is 16.5. The van der Waals surface area contributed by atoms with Crippen molar-refractivity contribution in [3.8, 4) is 28.8 Å². The maximum absolute atomic E-state index is 9.74. The number of pyridine rings is 1. The van der Waals surface area contributed by atoms with Gasteiger partial charge in [-0.05, 0) is 30.2 Å². The zero-order valence-corrected chi connectivity index (χ0v) is 22.5. The molecule has 0 amide bonds. The van der Waals surface area contributed by atoms with Crippen LogP contribution in [-0.4, -0.2) is 89.1 Å². The van der Waals surface area contributed by atoms with Crippen molar-refractivity contribution in [1.29, 1.82) is 5.26 Å². The number of benzene rings is 1. The summed E-state index contributed by atoms with van der Waals surface area (Å²) in [5.41, 5.74) is 2.45. The van der Waals surface area contributed by atoms with Gasteiger partial charge in [0, 0.05) is 53.1 Å². The van der Waals surface area contributed by atoms with Crippen LogP contribution in [0.2, 0.25) is 0 Å². The van der Waals surface area contributed by atoms with E-state index in [9.17, 15) is 5.26 Å². The monoisotopic (exact) mass is 556 g/mol. The molecule has 4 aliphatic heterocycles. The van der Waals surface area contributed by atoms with E-state index in [0.717, 1.165) is 6.42 Å². The molecule has 0 radical (unpaired) electrons. The molecular formula is C30H32N8O3. The second-order valence-electron chi connectivity index (χ2n) is 10.3. The van der Waals surface area contributed by atoms with Crippen LogP contribution in [0, 0.1) is 11.3 Å². The number of hydrogen-bond acceptors (Lipinski definition) is 10. The Bertz CT molecular complexity index is 1730. The molecule has 4 aliphatic rings. The number of hydrogen-bond donors (Lipinski definition) is 1. The molecule has 11 nitrogen and oxygen atoms in total. The van der Waals surface area contributed by atoms with Crippen LogP contribution < -0.4 is 19.7 Å². The standard InChI is InChI=1S/C30H32N8O3/c1-39-24-4-2-20(3-5-24)15-37-22-8-23(37)17-36(16-22)29-14-33-28(13-34-29)27-9-25(41-19-26-12-32-6-7-40-26)18-38-30(27)21(10-31)11-35-38/h2-5,9,11,13-14,18,22-23,26,32H,6-8,12,15-17,19H2,1H3/t22?,23?,26-/m0/s1/i15D2,19D2. The lowest BCUT2D eigenvalue weighted by atomic mass is 9.87. The molecule has 210 valence electrons. The molecule has 2 unspecified atom stereocenters. The van der Waals surface area contributed by atoms with Gasteiger partial charge in [-0.3, -0.25) is 9.88 Å². The van der Waals surface area contributed by atoms with E-state index in [4.69, 9.17) is 29.7 Å². The number of piperidine rings is 1. The summed E-state index contributed by atoms with van der Waals surface area (Å²) >= 11 is 0. The topological polar surface area (TPSA) is 113 Å². The number of fused-ring (bicyclic) bond motifs is 3. The van der Waals surface area contributed by atoms with Gasteiger partial charge >= 0.3 is 0 Å². The highest BCUT2D eigenvalue weighted by Gasteiger charge is 2.44. The number of piperazine rings is 1. The van der Waals surface area contributed by atoms with Crippen LogP contribution in [0.4, 0.5) is 5.82 Å². The highest BCUT2D eigenvalue weighted by Crippen LogP contribution is 2.36. The predicted molar refractivity (Wildman–Crippen MR) is 152 cm³/mol. The number of aromatic nitrogens is 4.